The van der Waals surface area contributed by atoms with Crippen molar-refractivity contribution in [2.45, 2.75) is 26.0 Å². The van der Waals surface area contributed by atoms with E-state index in [1.165, 1.54) is 12.1 Å². The van der Waals surface area contributed by atoms with Gasteiger partial charge in [0.15, 0.2) is 0 Å². The van der Waals surface area contributed by atoms with Gasteiger partial charge in [0.2, 0.25) is 5.91 Å². The third-order valence-electron chi connectivity index (χ3n) is 3.46. The molecule has 1 amide bonds. The number of nitrogens with one attached hydrogen (secondary N) is 2. The molecule has 1 fully saturated rings. The minimum absolute atomic E-state index is 0. The monoisotopic (exact) mass is 388 g/mol. The van der Waals surface area contributed by atoms with Gasteiger partial charge in [-0.15, -0.1) is 12.4 Å². The molecular formula is C14H17Cl3F2N2O2. The molecule has 1 saturated heterocycles. The summed E-state index contributed by atoms with van der Waals surface area (Å²) in [4.78, 5) is 12.1. The first-order valence-corrected chi connectivity index (χ1v) is 7.64. The number of hydrogen-bond acceptors (Lipinski definition) is 3. The van der Waals surface area contributed by atoms with E-state index in [9.17, 15) is 13.6 Å². The summed E-state index contributed by atoms with van der Waals surface area (Å²) >= 11 is 11.8. The molecule has 1 aliphatic rings. The van der Waals surface area contributed by atoms with E-state index in [4.69, 9.17) is 23.2 Å². The van der Waals surface area contributed by atoms with Gasteiger partial charge in [-0.3, -0.25) is 4.79 Å². The molecule has 0 saturated carbocycles. The number of halogens is 5. The number of piperidine rings is 1. The number of benzene rings is 1. The SMILES string of the molecule is Cl.O=C(NCc1cc(Cl)cc(Cl)c1OC(F)F)C1CCNCC1. The highest BCUT2D eigenvalue weighted by Crippen LogP contribution is 2.33. The van der Waals surface area contributed by atoms with Gasteiger partial charge < -0.3 is 15.4 Å². The standard InChI is InChI=1S/C14H16Cl2F2N2O2.ClH/c15-10-5-9(12(11(16)6-10)22-14(17)18)7-20-13(21)8-1-3-19-4-2-8;/h5-6,8,14,19H,1-4,7H2,(H,20,21);1H. The Hall–Kier alpha value is -0.820. The first kappa shape index (κ1) is 20.2. The van der Waals surface area contributed by atoms with Crippen molar-refractivity contribution in [1.82, 2.24) is 10.6 Å². The molecule has 0 aliphatic carbocycles. The summed E-state index contributed by atoms with van der Waals surface area (Å²) in [7, 11) is 0. The van der Waals surface area contributed by atoms with Crippen LogP contribution in [-0.4, -0.2) is 25.6 Å². The van der Waals surface area contributed by atoms with Crippen LogP contribution in [0.4, 0.5) is 8.78 Å². The highest BCUT2D eigenvalue weighted by atomic mass is 35.5. The van der Waals surface area contributed by atoms with E-state index >= 15 is 0 Å². The summed E-state index contributed by atoms with van der Waals surface area (Å²) < 4.78 is 29.3. The summed E-state index contributed by atoms with van der Waals surface area (Å²) in [5.74, 6) is -0.345. The predicted molar refractivity (Wildman–Crippen MR) is 87.8 cm³/mol. The summed E-state index contributed by atoms with van der Waals surface area (Å²) in [6, 6.07) is 2.77. The van der Waals surface area contributed by atoms with E-state index in [0.29, 0.717) is 5.56 Å². The number of carbonyl (C=O) groups is 1. The molecule has 0 unspecified atom stereocenters. The minimum Gasteiger partial charge on any atom is -0.433 e. The topological polar surface area (TPSA) is 50.4 Å². The Bertz CT molecular complexity index is 541. The van der Waals surface area contributed by atoms with Crippen LogP contribution in [0.2, 0.25) is 10.0 Å². The molecule has 1 aliphatic heterocycles. The summed E-state index contributed by atoms with van der Waals surface area (Å²) in [5.41, 5.74) is 0.320. The van der Waals surface area contributed by atoms with Gasteiger partial charge in [-0.2, -0.15) is 8.78 Å². The highest BCUT2D eigenvalue weighted by molar-refractivity contribution is 6.35. The fourth-order valence-electron chi connectivity index (χ4n) is 2.38. The van der Waals surface area contributed by atoms with Crippen molar-refractivity contribution < 1.29 is 18.3 Å². The summed E-state index contributed by atoms with van der Waals surface area (Å²) in [6.07, 6.45) is 1.51. The Kier molecular flexibility index (Phi) is 8.33. The van der Waals surface area contributed by atoms with E-state index in [1.807, 2.05) is 0 Å². The molecule has 2 N–H and O–H groups in total. The molecule has 23 heavy (non-hydrogen) atoms. The van der Waals surface area contributed by atoms with Crippen LogP contribution in [0, 0.1) is 5.92 Å². The van der Waals surface area contributed by atoms with Gasteiger partial charge in [0, 0.05) is 23.0 Å². The second-order valence-electron chi connectivity index (χ2n) is 5.00. The summed E-state index contributed by atoms with van der Waals surface area (Å²) in [5, 5.41) is 6.17. The van der Waals surface area contributed by atoms with Crippen LogP contribution >= 0.6 is 35.6 Å². The Morgan fingerprint density at radius 3 is 2.61 bits per heavy atom. The van der Waals surface area contributed by atoms with Gasteiger partial charge >= 0.3 is 6.61 Å². The smallest absolute Gasteiger partial charge is 0.387 e. The van der Waals surface area contributed by atoms with E-state index in [2.05, 4.69) is 15.4 Å². The molecule has 4 nitrogen and oxygen atoms in total. The predicted octanol–water partition coefficient (Wildman–Crippen LogP) is 3.63. The third kappa shape index (κ3) is 5.95. The van der Waals surface area contributed by atoms with Gasteiger partial charge in [-0.25, -0.2) is 0 Å². The molecule has 1 heterocycles. The molecule has 9 heteroatoms. The Morgan fingerprint density at radius 2 is 2.00 bits per heavy atom. The van der Waals surface area contributed by atoms with Crippen LogP contribution in [0.5, 0.6) is 5.75 Å². The van der Waals surface area contributed by atoms with E-state index in [0.717, 1.165) is 25.9 Å². The molecule has 0 spiro atoms. The summed E-state index contributed by atoms with van der Waals surface area (Å²) in [6.45, 7) is -1.38. The average Bonchev–Trinajstić information content (AvgIpc) is 2.48. The van der Waals surface area contributed by atoms with Crippen LogP contribution < -0.4 is 15.4 Å². The van der Waals surface area contributed by atoms with Crippen LogP contribution in [0.25, 0.3) is 0 Å². The molecule has 0 radical (unpaired) electrons. The fourth-order valence-corrected chi connectivity index (χ4v) is 2.96. The highest BCUT2D eigenvalue weighted by Gasteiger charge is 2.21. The lowest BCUT2D eigenvalue weighted by molar-refractivity contribution is -0.125. The van der Waals surface area contributed by atoms with Crippen molar-refractivity contribution in [3.63, 3.8) is 0 Å². The van der Waals surface area contributed by atoms with E-state index in [-0.39, 0.29) is 46.6 Å². The maximum absolute atomic E-state index is 12.5. The zero-order chi connectivity index (χ0) is 16.1. The molecule has 1 aromatic carbocycles. The Morgan fingerprint density at radius 1 is 1.35 bits per heavy atom. The Labute approximate surface area is 149 Å². The van der Waals surface area contributed by atoms with Crippen molar-refractivity contribution in [3.05, 3.63) is 27.7 Å². The van der Waals surface area contributed by atoms with Crippen LogP contribution in [0.15, 0.2) is 12.1 Å². The van der Waals surface area contributed by atoms with Gasteiger partial charge in [-0.05, 0) is 38.1 Å². The fraction of sp³-hybridized carbons (Fsp3) is 0.500. The Balaban J connectivity index is 0.00000264. The van der Waals surface area contributed by atoms with Crippen molar-refractivity contribution in [1.29, 1.82) is 0 Å². The first-order chi connectivity index (χ1) is 10.5. The average molecular weight is 390 g/mol. The molecule has 0 bridgehead atoms. The number of hydrogen-bond donors (Lipinski definition) is 2. The van der Waals surface area contributed by atoms with Crippen molar-refractivity contribution in [3.8, 4) is 5.75 Å². The molecule has 0 atom stereocenters. The lowest BCUT2D eigenvalue weighted by atomic mass is 9.97. The number of rotatable bonds is 5. The van der Waals surface area contributed by atoms with Crippen LogP contribution in [0.3, 0.4) is 0 Å². The second-order valence-corrected chi connectivity index (χ2v) is 5.84. The molecule has 0 aromatic heterocycles. The van der Waals surface area contributed by atoms with Gasteiger partial charge in [0.05, 0.1) is 5.02 Å². The zero-order valence-electron chi connectivity index (χ0n) is 12.1. The maximum Gasteiger partial charge on any atom is 0.387 e. The molecular weight excluding hydrogens is 373 g/mol. The third-order valence-corrected chi connectivity index (χ3v) is 3.95. The van der Waals surface area contributed by atoms with Crippen LogP contribution in [-0.2, 0) is 11.3 Å². The largest absolute Gasteiger partial charge is 0.433 e. The van der Waals surface area contributed by atoms with E-state index in [1.54, 1.807) is 0 Å². The number of alkyl halides is 2. The normalized spacial score (nSPS) is 15.2. The quantitative estimate of drug-likeness (QED) is 0.808. The molecule has 2 rings (SSSR count). The second kappa shape index (κ2) is 9.47. The first-order valence-electron chi connectivity index (χ1n) is 6.88. The van der Waals surface area contributed by atoms with Crippen molar-refractivity contribution >= 4 is 41.5 Å². The number of amides is 1. The van der Waals surface area contributed by atoms with Crippen molar-refractivity contribution in [2.75, 3.05) is 13.1 Å². The lowest BCUT2D eigenvalue weighted by Gasteiger charge is -2.22. The molecule has 130 valence electrons. The van der Waals surface area contributed by atoms with Gasteiger partial charge in [0.25, 0.3) is 0 Å². The van der Waals surface area contributed by atoms with Gasteiger partial charge in [-0.1, -0.05) is 23.2 Å². The zero-order valence-corrected chi connectivity index (χ0v) is 14.4. The lowest BCUT2D eigenvalue weighted by Crippen LogP contribution is -2.37. The number of ether oxygens (including phenoxy) is 1. The maximum atomic E-state index is 12.5. The molecule has 1 aromatic rings. The van der Waals surface area contributed by atoms with Crippen molar-refractivity contribution in [2.24, 2.45) is 5.92 Å². The minimum atomic E-state index is -3.00. The van der Waals surface area contributed by atoms with Crippen LogP contribution in [0.1, 0.15) is 18.4 Å². The van der Waals surface area contributed by atoms with E-state index < -0.39 is 6.61 Å². The number of carbonyl (C=O) groups excluding carboxylic acids is 1. The van der Waals surface area contributed by atoms with Gasteiger partial charge in [0.1, 0.15) is 5.75 Å².